The summed E-state index contributed by atoms with van der Waals surface area (Å²) < 4.78 is 0. The average Bonchev–Trinajstić information content (AvgIpc) is 3.29. The first-order valence-corrected chi connectivity index (χ1v) is 8.48. The van der Waals surface area contributed by atoms with Crippen molar-refractivity contribution in [2.24, 2.45) is 5.73 Å². The molecule has 1 aromatic heterocycles. The van der Waals surface area contributed by atoms with Crippen LogP contribution < -0.4 is 11.1 Å². The summed E-state index contributed by atoms with van der Waals surface area (Å²) in [6.45, 7) is 3.51. The molecule has 1 aliphatic heterocycles. The number of nitrogens with two attached hydrogens (primary N) is 1. The Hall–Kier alpha value is -2.67. The van der Waals surface area contributed by atoms with Crippen molar-refractivity contribution in [3.05, 3.63) is 47.5 Å². The number of H-pyrrole nitrogens is 1. The Morgan fingerprint density at radius 1 is 1.36 bits per heavy atom. The zero-order valence-corrected chi connectivity index (χ0v) is 14.3. The number of carbonyl (C=O) groups excluding carboxylic acids is 2. The number of aromatic amines is 1. The maximum atomic E-state index is 12.4. The smallest absolute Gasteiger partial charge is 0.253 e. The molecule has 2 amide bonds. The number of benzene rings is 1. The van der Waals surface area contributed by atoms with Gasteiger partial charge in [0.2, 0.25) is 5.91 Å². The van der Waals surface area contributed by atoms with E-state index in [1.165, 1.54) is 0 Å². The number of nitrogens with one attached hydrogen (secondary N) is 2. The van der Waals surface area contributed by atoms with Crippen LogP contribution in [0.2, 0.25) is 0 Å². The summed E-state index contributed by atoms with van der Waals surface area (Å²) in [7, 11) is 0. The van der Waals surface area contributed by atoms with Gasteiger partial charge in [0.05, 0.1) is 12.4 Å². The van der Waals surface area contributed by atoms with E-state index in [-0.39, 0.29) is 11.8 Å². The van der Waals surface area contributed by atoms with Crippen LogP contribution in [0.5, 0.6) is 0 Å². The fraction of sp³-hybridized carbons (Fsp3) is 0.389. The molecule has 7 heteroatoms. The van der Waals surface area contributed by atoms with E-state index in [4.69, 9.17) is 5.73 Å². The molecule has 1 fully saturated rings. The predicted molar refractivity (Wildman–Crippen MR) is 95.2 cm³/mol. The lowest BCUT2D eigenvalue weighted by molar-refractivity contribution is -0.117. The SMILES string of the molecule is Cc1cc(C(=O)N2CCCC2)ccc1NC(=O)[C@@H](N)Cc1cnc[nH]1. The molecule has 2 aromatic rings. The van der Waals surface area contributed by atoms with Crippen molar-refractivity contribution in [3.8, 4) is 0 Å². The highest BCUT2D eigenvalue weighted by molar-refractivity contribution is 5.98. The molecule has 25 heavy (non-hydrogen) atoms. The molecule has 1 atom stereocenters. The number of aromatic nitrogens is 2. The Kier molecular flexibility index (Phi) is 5.14. The van der Waals surface area contributed by atoms with Gasteiger partial charge in [0.1, 0.15) is 0 Å². The highest BCUT2D eigenvalue weighted by Crippen LogP contribution is 2.20. The minimum absolute atomic E-state index is 0.0504. The van der Waals surface area contributed by atoms with Crippen LogP contribution in [-0.4, -0.2) is 45.8 Å². The summed E-state index contributed by atoms with van der Waals surface area (Å²) in [5.41, 5.74) is 8.92. The second-order valence-corrected chi connectivity index (χ2v) is 6.41. The van der Waals surface area contributed by atoms with Crippen LogP contribution in [0.25, 0.3) is 0 Å². The monoisotopic (exact) mass is 341 g/mol. The summed E-state index contributed by atoms with van der Waals surface area (Å²) in [5.74, 6) is -0.217. The van der Waals surface area contributed by atoms with Gasteiger partial charge in [0.25, 0.3) is 5.91 Å². The Morgan fingerprint density at radius 3 is 2.76 bits per heavy atom. The molecule has 1 saturated heterocycles. The fourth-order valence-electron chi connectivity index (χ4n) is 2.99. The minimum Gasteiger partial charge on any atom is -0.348 e. The van der Waals surface area contributed by atoms with Gasteiger partial charge in [-0.3, -0.25) is 9.59 Å². The third-order valence-corrected chi connectivity index (χ3v) is 4.46. The second kappa shape index (κ2) is 7.48. The Labute approximate surface area is 146 Å². The number of amides is 2. The first-order valence-electron chi connectivity index (χ1n) is 8.48. The quantitative estimate of drug-likeness (QED) is 0.766. The van der Waals surface area contributed by atoms with E-state index < -0.39 is 6.04 Å². The van der Waals surface area contributed by atoms with Gasteiger partial charge in [0, 0.05) is 42.7 Å². The van der Waals surface area contributed by atoms with Crippen LogP contribution in [0.15, 0.2) is 30.7 Å². The van der Waals surface area contributed by atoms with Crippen LogP contribution in [-0.2, 0) is 11.2 Å². The molecule has 0 bridgehead atoms. The first-order chi connectivity index (χ1) is 12.0. The molecule has 4 N–H and O–H groups in total. The molecule has 7 nitrogen and oxygen atoms in total. The molecule has 132 valence electrons. The number of imidazole rings is 1. The molecular weight excluding hydrogens is 318 g/mol. The number of likely N-dealkylation sites (tertiary alicyclic amines) is 1. The van der Waals surface area contributed by atoms with Gasteiger partial charge in [-0.25, -0.2) is 4.98 Å². The summed E-state index contributed by atoms with van der Waals surface area (Å²) in [6, 6.07) is 4.66. The first kappa shape index (κ1) is 17.2. The van der Waals surface area contributed by atoms with Crippen LogP contribution in [0.1, 0.15) is 34.5 Å². The van der Waals surface area contributed by atoms with Crippen molar-refractivity contribution >= 4 is 17.5 Å². The molecule has 2 heterocycles. The molecule has 3 rings (SSSR count). The van der Waals surface area contributed by atoms with E-state index >= 15 is 0 Å². The van der Waals surface area contributed by atoms with E-state index in [9.17, 15) is 9.59 Å². The Morgan fingerprint density at radius 2 is 2.12 bits per heavy atom. The summed E-state index contributed by atoms with van der Waals surface area (Å²) in [4.78, 5) is 33.4. The van der Waals surface area contributed by atoms with Crippen molar-refractivity contribution in [1.29, 1.82) is 0 Å². The van der Waals surface area contributed by atoms with Crippen LogP contribution in [0, 0.1) is 6.92 Å². The maximum absolute atomic E-state index is 12.4. The average molecular weight is 341 g/mol. The van der Waals surface area contributed by atoms with Crippen LogP contribution in [0.3, 0.4) is 0 Å². The summed E-state index contributed by atoms with van der Waals surface area (Å²) >= 11 is 0. The highest BCUT2D eigenvalue weighted by atomic mass is 16.2. The van der Waals surface area contributed by atoms with Crippen molar-refractivity contribution in [1.82, 2.24) is 14.9 Å². The number of carbonyl (C=O) groups is 2. The van der Waals surface area contributed by atoms with Gasteiger partial charge >= 0.3 is 0 Å². The molecular formula is C18H23N5O2. The van der Waals surface area contributed by atoms with Crippen LogP contribution >= 0.6 is 0 Å². The Balaban J connectivity index is 1.64. The standard InChI is InChI=1S/C18H23N5O2/c1-12-8-13(18(25)23-6-2-3-7-23)4-5-16(12)22-17(24)15(19)9-14-10-20-11-21-14/h4-5,8,10-11,15H,2-3,6-7,9,19H2,1H3,(H,20,21)(H,22,24)/t15-/m0/s1. The van der Waals surface area contributed by atoms with Crippen LogP contribution in [0.4, 0.5) is 5.69 Å². The van der Waals surface area contributed by atoms with E-state index in [0.29, 0.717) is 17.7 Å². The second-order valence-electron chi connectivity index (χ2n) is 6.41. The molecule has 0 saturated carbocycles. The lowest BCUT2D eigenvalue weighted by atomic mass is 10.1. The largest absolute Gasteiger partial charge is 0.348 e. The summed E-state index contributed by atoms with van der Waals surface area (Å²) in [6.07, 6.45) is 5.72. The van der Waals surface area contributed by atoms with Crippen molar-refractivity contribution < 1.29 is 9.59 Å². The van der Waals surface area contributed by atoms with E-state index in [0.717, 1.165) is 37.2 Å². The Bertz CT molecular complexity index is 751. The zero-order chi connectivity index (χ0) is 17.8. The van der Waals surface area contributed by atoms with E-state index in [1.54, 1.807) is 24.7 Å². The maximum Gasteiger partial charge on any atom is 0.253 e. The van der Waals surface area contributed by atoms with Gasteiger partial charge < -0.3 is 20.9 Å². The van der Waals surface area contributed by atoms with Gasteiger partial charge in [-0.05, 0) is 43.5 Å². The fourth-order valence-corrected chi connectivity index (χ4v) is 2.99. The minimum atomic E-state index is -0.675. The third-order valence-electron chi connectivity index (χ3n) is 4.46. The highest BCUT2D eigenvalue weighted by Gasteiger charge is 2.20. The summed E-state index contributed by atoms with van der Waals surface area (Å²) in [5, 5.41) is 2.83. The lowest BCUT2D eigenvalue weighted by Crippen LogP contribution is -2.37. The number of hydrogen-bond donors (Lipinski definition) is 3. The van der Waals surface area contributed by atoms with Crippen molar-refractivity contribution in [3.63, 3.8) is 0 Å². The number of nitrogens with zero attached hydrogens (tertiary/aromatic N) is 2. The number of rotatable bonds is 5. The lowest BCUT2D eigenvalue weighted by Gasteiger charge is -2.17. The molecule has 1 aromatic carbocycles. The number of aryl methyl sites for hydroxylation is 1. The van der Waals surface area contributed by atoms with Crippen molar-refractivity contribution in [2.45, 2.75) is 32.2 Å². The zero-order valence-electron chi connectivity index (χ0n) is 14.3. The number of hydrogen-bond acceptors (Lipinski definition) is 4. The van der Waals surface area contributed by atoms with Crippen molar-refractivity contribution in [2.75, 3.05) is 18.4 Å². The topological polar surface area (TPSA) is 104 Å². The van der Waals surface area contributed by atoms with E-state index in [2.05, 4.69) is 15.3 Å². The van der Waals surface area contributed by atoms with E-state index in [1.807, 2.05) is 17.9 Å². The molecule has 0 unspecified atom stereocenters. The molecule has 0 aliphatic carbocycles. The van der Waals surface area contributed by atoms with Gasteiger partial charge in [-0.2, -0.15) is 0 Å². The van der Waals surface area contributed by atoms with Gasteiger partial charge in [0.15, 0.2) is 0 Å². The normalized spacial score (nSPS) is 15.2. The number of anilines is 1. The predicted octanol–water partition coefficient (Wildman–Crippen LogP) is 1.46. The molecule has 0 spiro atoms. The van der Waals surface area contributed by atoms with Gasteiger partial charge in [-0.1, -0.05) is 0 Å². The molecule has 0 radical (unpaired) electrons. The third kappa shape index (κ3) is 4.06. The molecule has 1 aliphatic rings. The van der Waals surface area contributed by atoms with Gasteiger partial charge in [-0.15, -0.1) is 0 Å².